The van der Waals surface area contributed by atoms with Gasteiger partial charge in [0.05, 0.1) is 11.4 Å². The number of benzene rings is 1. The fourth-order valence-corrected chi connectivity index (χ4v) is 1.80. The molecule has 1 aliphatic rings. The summed E-state index contributed by atoms with van der Waals surface area (Å²) >= 11 is 0. The van der Waals surface area contributed by atoms with Gasteiger partial charge in [0.15, 0.2) is 0 Å². The second-order valence-corrected chi connectivity index (χ2v) is 5.06. The van der Waals surface area contributed by atoms with Crippen LogP contribution in [0.1, 0.15) is 24.2 Å². The van der Waals surface area contributed by atoms with E-state index in [1.807, 2.05) is 6.07 Å². The SMILES string of the molecule is CC(C)(NC(=O)c1ccc2c(c1)NCCN2)C(N)=O. The standard InChI is InChI=1S/C13H18N4O2/c1-13(2,12(14)19)17-11(18)8-3-4-9-10(7-8)16-6-5-15-9/h3-4,7,15-16H,5-6H2,1-2H3,(H2,14,19)(H,17,18). The van der Waals surface area contributed by atoms with Crippen LogP contribution in [-0.2, 0) is 4.79 Å². The lowest BCUT2D eigenvalue weighted by Crippen LogP contribution is -2.53. The molecular formula is C13H18N4O2. The first-order valence-electron chi connectivity index (χ1n) is 6.14. The molecule has 2 amide bonds. The summed E-state index contributed by atoms with van der Waals surface area (Å²) < 4.78 is 0. The second-order valence-electron chi connectivity index (χ2n) is 5.06. The van der Waals surface area contributed by atoms with E-state index in [1.165, 1.54) is 0 Å². The highest BCUT2D eigenvalue weighted by Gasteiger charge is 2.27. The molecule has 2 rings (SSSR count). The van der Waals surface area contributed by atoms with Crippen LogP contribution in [0.3, 0.4) is 0 Å². The summed E-state index contributed by atoms with van der Waals surface area (Å²) in [4.78, 5) is 23.3. The molecule has 6 nitrogen and oxygen atoms in total. The van der Waals surface area contributed by atoms with Gasteiger partial charge in [-0.05, 0) is 32.0 Å². The summed E-state index contributed by atoms with van der Waals surface area (Å²) in [7, 11) is 0. The van der Waals surface area contributed by atoms with Crippen LogP contribution in [0.5, 0.6) is 0 Å². The minimum absolute atomic E-state index is 0.320. The number of nitrogens with one attached hydrogen (secondary N) is 3. The summed E-state index contributed by atoms with van der Waals surface area (Å²) in [5.74, 6) is -0.891. The van der Waals surface area contributed by atoms with E-state index >= 15 is 0 Å². The Bertz CT molecular complexity index is 525. The summed E-state index contributed by atoms with van der Waals surface area (Å²) in [6.07, 6.45) is 0. The van der Waals surface area contributed by atoms with Crippen LogP contribution >= 0.6 is 0 Å². The smallest absolute Gasteiger partial charge is 0.252 e. The minimum Gasteiger partial charge on any atom is -0.382 e. The number of anilines is 2. The van der Waals surface area contributed by atoms with Crippen molar-refractivity contribution in [2.24, 2.45) is 5.73 Å². The van der Waals surface area contributed by atoms with Crippen molar-refractivity contribution in [2.75, 3.05) is 23.7 Å². The van der Waals surface area contributed by atoms with E-state index < -0.39 is 11.4 Å². The molecule has 6 heteroatoms. The lowest BCUT2D eigenvalue weighted by atomic mass is 10.0. The molecule has 0 unspecified atom stereocenters. The highest BCUT2D eigenvalue weighted by molar-refractivity contribution is 6.00. The quantitative estimate of drug-likeness (QED) is 0.638. The molecule has 0 fully saturated rings. The van der Waals surface area contributed by atoms with Crippen molar-refractivity contribution in [1.82, 2.24) is 5.32 Å². The zero-order chi connectivity index (χ0) is 14.0. The number of carbonyl (C=O) groups is 2. The van der Waals surface area contributed by atoms with E-state index in [1.54, 1.807) is 26.0 Å². The monoisotopic (exact) mass is 262 g/mol. The normalized spacial score (nSPS) is 13.8. The first-order valence-corrected chi connectivity index (χ1v) is 6.14. The number of nitrogens with two attached hydrogens (primary N) is 1. The predicted octanol–water partition coefficient (Wildman–Crippen LogP) is 0.518. The van der Waals surface area contributed by atoms with E-state index in [0.717, 1.165) is 24.5 Å². The lowest BCUT2D eigenvalue weighted by Gasteiger charge is -2.23. The lowest BCUT2D eigenvalue weighted by molar-refractivity contribution is -0.122. The molecule has 0 saturated heterocycles. The molecule has 1 heterocycles. The van der Waals surface area contributed by atoms with Gasteiger partial charge in [0.25, 0.3) is 5.91 Å². The number of amides is 2. The number of hydrogen-bond donors (Lipinski definition) is 4. The average molecular weight is 262 g/mol. The molecule has 19 heavy (non-hydrogen) atoms. The number of fused-ring (bicyclic) bond motifs is 1. The third-order valence-electron chi connectivity index (χ3n) is 3.08. The van der Waals surface area contributed by atoms with Gasteiger partial charge in [0.1, 0.15) is 5.54 Å². The van der Waals surface area contributed by atoms with Gasteiger partial charge in [-0.25, -0.2) is 0 Å². The van der Waals surface area contributed by atoms with Crippen molar-refractivity contribution in [3.05, 3.63) is 23.8 Å². The topological polar surface area (TPSA) is 96.2 Å². The Morgan fingerprint density at radius 3 is 2.47 bits per heavy atom. The highest BCUT2D eigenvalue weighted by atomic mass is 16.2. The van der Waals surface area contributed by atoms with Crippen LogP contribution in [0.4, 0.5) is 11.4 Å². The van der Waals surface area contributed by atoms with Crippen molar-refractivity contribution in [2.45, 2.75) is 19.4 Å². The maximum Gasteiger partial charge on any atom is 0.252 e. The molecule has 1 aromatic carbocycles. The minimum atomic E-state index is -1.07. The van der Waals surface area contributed by atoms with E-state index in [-0.39, 0.29) is 5.91 Å². The second kappa shape index (κ2) is 4.79. The molecule has 1 aliphatic heterocycles. The van der Waals surface area contributed by atoms with Crippen molar-refractivity contribution in [3.8, 4) is 0 Å². The molecule has 0 aromatic heterocycles. The van der Waals surface area contributed by atoms with Crippen LogP contribution in [0, 0.1) is 0 Å². The van der Waals surface area contributed by atoms with Gasteiger partial charge < -0.3 is 21.7 Å². The van der Waals surface area contributed by atoms with Gasteiger partial charge in [0, 0.05) is 18.7 Å². The summed E-state index contributed by atoms with van der Waals surface area (Å²) in [5, 5.41) is 9.05. The molecule has 0 saturated carbocycles. The van der Waals surface area contributed by atoms with Gasteiger partial charge in [-0.1, -0.05) is 0 Å². The summed E-state index contributed by atoms with van der Waals surface area (Å²) in [6.45, 7) is 4.81. The van der Waals surface area contributed by atoms with E-state index in [4.69, 9.17) is 5.73 Å². The third kappa shape index (κ3) is 2.78. The molecular weight excluding hydrogens is 244 g/mol. The Labute approximate surface area is 111 Å². The predicted molar refractivity (Wildman–Crippen MR) is 74.2 cm³/mol. The van der Waals surface area contributed by atoms with Crippen molar-refractivity contribution in [3.63, 3.8) is 0 Å². The summed E-state index contributed by atoms with van der Waals surface area (Å²) in [5.41, 5.74) is 6.51. The average Bonchev–Trinajstić information content (AvgIpc) is 2.37. The van der Waals surface area contributed by atoms with Crippen LogP contribution in [-0.4, -0.2) is 30.4 Å². The Morgan fingerprint density at radius 1 is 1.21 bits per heavy atom. The number of hydrogen-bond acceptors (Lipinski definition) is 4. The molecule has 0 aliphatic carbocycles. The van der Waals surface area contributed by atoms with Crippen LogP contribution in [0.15, 0.2) is 18.2 Å². The van der Waals surface area contributed by atoms with Crippen LogP contribution < -0.4 is 21.7 Å². The third-order valence-corrected chi connectivity index (χ3v) is 3.08. The van der Waals surface area contributed by atoms with Crippen molar-refractivity contribution < 1.29 is 9.59 Å². The molecule has 0 spiro atoms. The molecule has 5 N–H and O–H groups in total. The van der Waals surface area contributed by atoms with Crippen LogP contribution in [0.25, 0.3) is 0 Å². The molecule has 0 bridgehead atoms. The highest BCUT2D eigenvalue weighted by Crippen LogP contribution is 2.25. The summed E-state index contributed by atoms with van der Waals surface area (Å²) in [6, 6.07) is 5.31. The van der Waals surface area contributed by atoms with Gasteiger partial charge >= 0.3 is 0 Å². The zero-order valence-corrected chi connectivity index (χ0v) is 11.0. The molecule has 0 atom stereocenters. The zero-order valence-electron chi connectivity index (χ0n) is 11.0. The van der Waals surface area contributed by atoms with E-state index in [2.05, 4.69) is 16.0 Å². The van der Waals surface area contributed by atoms with Crippen LogP contribution in [0.2, 0.25) is 0 Å². The Morgan fingerprint density at radius 2 is 1.84 bits per heavy atom. The molecule has 1 aromatic rings. The fourth-order valence-electron chi connectivity index (χ4n) is 1.80. The van der Waals surface area contributed by atoms with Gasteiger partial charge in [-0.15, -0.1) is 0 Å². The van der Waals surface area contributed by atoms with E-state index in [9.17, 15) is 9.59 Å². The largest absolute Gasteiger partial charge is 0.382 e. The van der Waals surface area contributed by atoms with Crippen molar-refractivity contribution >= 4 is 23.2 Å². The Kier molecular flexibility index (Phi) is 3.33. The first-order chi connectivity index (χ1) is 8.90. The Balaban J connectivity index is 2.18. The number of primary amides is 1. The number of rotatable bonds is 3. The molecule has 0 radical (unpaired) electrons. The van der Waals surface area contributed by atoms with Crippen molar-refractivity contribution in [1.29, 1.82) is 0 Å². The molecule has 102 valence electrons. The van der Waals surface area contributed by atoms with Gasteiger partial charge in [0.2, 0.25) is 5.91 Å². The Hall–Kier alpha value is -2.24. The first kappa shape index (κ1) is 13.2. The van der Waals surface area contributed by atoms with Gasteiger partial charge in [-0.2, -0.15) is 0 Å². The fraction of sp³-hybridized carbons (Fsp3) is 0.385. The maximum absolute atomic E-state index is 12.1. The number of carbonyl (C=O) groups excluding carboxylic acids is 2. The van der Waals surface area contributed by atoms with Gasteiger partial charge in [-0.3, -0.25) is 9.59 Å². The van der Waals surface area contributed by atoms with E-state index in [0.29, 0.717) is 5.56 Å². The maximum atomic E-state index is 12.1.